The molecule has 21 heavy (non-hydrogen) atoms. The highest BCUT2D eigenvalue weighted by Crippen LogP contribution is 2.22. The van der Waals surface area contributed by atoms with Gasteiger partial charge in [0.2, 0.25) is 0 Å². The van der Waals surface area contributed by atoms with Gasteiger partial charge in [-0.25, -0.2) is 0 Å². The molecule has 1 amide bonds. The van der Waals surface area contributed by atoms with E-state index in [1.54, 1.807) is 7.11 Å². The van der Waals surface area contributed by atoms with E-state index in [0.717, 1.165) is 28.3 Å². The summed E-state index contributed by atoms with van der Waals surface area (Å²) in [6, 6.07) is 11.2. The minimum atomic E-state index is -0.111. The second-order valence-electron chi connectivity index (χ2n) is 4.92. The first-order chi connectivity index (χ1) is 10.0. The zero-order chi connectivity index (χ0) is 15.4. The standard InChI is InChI=1S/C17H20N2O2/c1-11-9-13(18-3)5-7-15(11)17(20)19-14-6-8-16(21-4)12(2)10-14/h5-10,18H,1-4H3,(H,19,20). The van der Waals surface area contributed by atoms with Crippen LogP contribution in [0, 0.1) is 13.8 Å². The highest BCUT2D eigenvalue weighted by atomic mass is 16.5. The summed E-state index contributed by atoms with van der Waals surface area (Å²) in [5, 5.41) is 5.97. The van der Waals surface area contributed by atoms with Gasteiger partial charge in [0, 0.05) is 24.0 Å². The minimum absolute atomic E-state index is 0.111. The number of carbonyl (C=O) groups excluding carboxylic acids is 1. The molecular formula is C17H20N2O2. The zero-order valence-corrected chi connectivity index (χ0v) is 12.8. The summed E-state index contributed by atoms with van der Waals surface area (Å²) in [5.74, 6) is 0.697. The van der Waals surface area contributed by atoms with Gasteiger partial charge in [-0.15, -0.1) is 0 Å². The van der Waals surface area contributed by atoms with Gasteiger partial charge in [-0.3, -0.25) is 4.79 Å². The Morgan fingerprint density at radius 3 is 2.24 bits per heavy atom. The van der Waals surface area contributed by atoms with E-state index >= 15 is 0 Å². The number of rotatable bonds is 4. The van der Waals surface area contributed by atoms with E-state index in [1.165, 1.54) is 0 Å². The molecule has 4 nitrogen and oxygen atoms in total. The van der Waals surface area contributed by atoms with Crippen molar-refractivity contribution < 1.29 is 9.53 Å². The molecule has 0 aromatic heterocycles. The van der Waals surface area contributed by atoms with Gasteiger partial charge < -0.3 is 15.4 Å². The maximum atomic E-state index is 12.3. The van der Waals surface area contributed by atoms with Crippen molar-refractivity contribution in [1.29, 1.82) is 0 Å². The van der Waals surface area contributed by atoms with Crippen molar-refractivity contribution in [1.82, 2.24) is 0 Å². The second-order valence-corrected chi connectivity index (χ2v) is 4.92. The lowest BCUT2D eigenvalue weighted by atomic mass is 10.1. The SMILES string of the molecule is CNc1ccc(C(=O)Nc2ccc(OC)c(C)c2)c(C)c1. The fourth-order valence-corrected chi connectivity index (χ4v) is 2.23. The Balaban J connectivity index is 2.20. The van der Waals surface area contributed by atoms with Crippen LogP contribution in [-0.4, -0.2) is 20.1 Å². The van der Waals surface area contributed by atoms with Crippen molar-refractivity contribution in [2.75, 3.05) is 24.8 Å². The van der Waals surface area contributed by atoms with E-state index in [0.29, 0.717) is 5.56 Å². The van der Waals surface area contributed by atoms with Gasteiger partial charge in [0.1, 0.15) is 5.75 Å². The number of aryl methyl sites for hydroxylation is 2. The molecular weight excluding hydrogens is 264 g/mol. The van der Waals surface area contributed by atoms with Gasteiger partial charge in [0.15, 0.2) is 0 Å². The quantitative estimate of drug-likeness (QED) is 0.901. The lowest BCUT2D eigenvalue weighted by Gasteiger charge is -2.11. The van der Waals surface area contributed by atoms with Gasteiger partial charge in [-0.05, 0) is 61.4 Å². The predicted molar refractivity (Wildman–Crippen MR) is 86.4 cm³/mol. The number of benzene rings is 2. The van der Waals surface area contributed by atoms with Gasteiger partial charge in [0.25, 0.3) is 5.91 Å². The van der Waals surface area contributed by atoms with E-state index in [-0.39, 0.29) is 5.91 Å². The Hall–Kier alpha value is -2.49. The van der Waals surface area contributed by atoms with Gasteiger partial charge >= 0.3 is 0 Å². The van der Waals surface area contributed by atoms with E-state index in [1.807, 2.05) is 57.3 Å². The fourth-order valence-electron chi connectivity index (χ4n) is 2.23. The molecule has 0 aliphatic carbocycles. The van der Waals surface area contributed by atoms with Crippen molar-refractivity contribution in [3.63, 3.8) is 0 Å². The molecule has 0 spiro atoms. The minimum Gasteiger partial charge on any atom is -0.496 e. The van der Waals surface area contributed by atoms with E-state index in [4.69, 9.17) is 4.74 Å². The number of hydrogen-bond acceptors (Lipinski definition) is 3. The van der Waals surface area contributed by atoms with Crippen LogP contribution in [0.2, 0.25) is 0 Å². The van der Waals surface area contributed by atoms with Crippen LogP contribution in [-0.2, 0) is 0 Å². The predicted octanol–water partition coefficient (Wildman–Crippen LogP) is 3.61. The monoisotopic (exact) mass is 284 g/mol. The number of hydrogen-bond donors (Lipinski definition) is 2. The average Bonchev–Trinajstić information content (AvgIpc) is 2.47. The van der Waals surface area contributed by atoms with Crippen LogP contribution in [0.3, 0.4) is 0 Å². The lowest BCUT2D eigenvalue weighted by Crippen LogP contribution is -2.13. The molecule has 0 radical (unpaired) electrons. The molecule has 2 rings (SSSR count). The van der Waals surface area contributed by atoms with Crippen LogP contribution < -0.4 is 15.4 Å². The highest BCUT2D eigenvalue weighted by molar-refractivity contribution is 6.05. The van der Waals surface area contributed by atoms with Crippen molar-refractivity contribution in [2.45, 2.75) is 13.8 Å². The fraction of sp³-hybridized carbons (Fsp3) is 0.235. The molecule has 0 saturated heterocycles. The lowest BCUT2D eigenvalue weighted by molar-refractivity contribution is 0.102. The maximum absolute atomic E-state index is 12.3. The second kappa shape index (κ2) is 6.31. The number of amides is 1. The van der Waals surface area contributed by atoms with Crippen LogP contribution in [0.25, 0.3) is 0 Å². The van der Waals surface area contributed by atoms with E-state index < -0.39 is 0 Å². The number of carbonyl (C=O) groups is 1. The largest absolute Gasteiger partial charge is 0.496 e. The summed E-state index contributed by atoms with van der Waals surface area (Å²) in [5.41, 5.74) is 4.34. The molecule has 0 aliphatic heterocycles. The van der Waals surface area contributed by atoms with Crippen LogP contribution >= 0.6 is 0 Å². The van der Waals surface area contributed by atoms with E-state index in [2.05, 4.69) is 10.6 Å². The summed E-state index contributed by atoms with van der Waals surface area (Å²) in [7, 11) is 3.49. The summed E-state index contributed by atoms with van der Waals surface area (Å²) < 4.78 is 5.21. The summed E-state index contributed by atoms with van der Waals surface area (Å²) in [6.45, 7) is 3.87. The number of anilines is 2. The van der Waals surface area contributed by atoms with Crippen LogP contribution in [0.5, 0.6) is 5.75 Å². The van der Waals surface area contributed by atoms with Crippen LogP contribution in [0.15, 0.2) is 36.4 Å². The van der Waals surface area contributed by atoms with Gasteiger partial charge in [-0.1, -0.05) is 0 Å². The normalized spacial score (nSPS) is 10.1. The highest BCUT2D eigenvalue weighted by Gasteiger charge is 2.10. The number of ether oxygens (including phenoxy) is 1. The van der Waals surface area contributed by atoms with Crippen molar-refractivity contribution >= 4 is 17.3 Å². The Morgan fingerprint density at radius 1 is 1.00 bits per heavy atom. The van der Waals surface area contributed by atoms with Crippen molar-refractivity contribution in [2.24, 2.45) is 0 Å². The Kier molecular flexibility index (Phi) is 4.48. The third-order valence-electron chi connectivity index (χ3n) is 3.41. The first kappa shape index (κ1) is 14.9. The molecule has 0 heterocycles. The van der Waals surface area contributed by atoms with Gasteiger partial charge in [0.05, 0.1) is 7.11 Å². The molecule has 2 aromatic rings. The molecule has 0 saturated carbocycles. The van der Waals surface area contributed by atoms with Gasteiger partial charge in [-0.2, -0.15) is 0 Å². The van der Waals surface area contributed by atoms with Crippen molar-refractivity contribution in [3.05, 3.63) is 53.1 Å². The zero-order valence-electron chi connectivity index (χ0n) is 12.8. The molecule has 4 heteroatoms. The summed E-state index contributed by atoms with van der Waals surface area (Å²) in [6.07, 6.45) is 0. The molecule has 0 fully saturated rings. The summed E-state index contributed by atoms with van der Waals surface area (Å²) >= 11 is 0. The Labute approximate surface area is 125 Å². The topological polar surface area (TPSA) is 50.4 Å². The van der Waals surface area contributed by atoms with Crippen molar-refractivity contribution in [3.8, 4) is 5.75 Å². The third kappa shape index (κ3) is 3.34. The molecule has 0 atom stereocenters. The molecule has 2 aromatic carbocycles. The number of nitrogens with one attached hydrogen (secondary N) is 2. The Morgan fingerprint density at radius 2 is 1.67 bits per heavy atom. The smallest absolute Gasteiger partial charge is 0.255 e. The third-order valence-corrected chi connectivity index (χ3v) is 3.41. The molecule has 110 valence electrons. The molecule has 0 aliphatic rings. The average molecular weight is 284 g/mol. The first-order valence-corrected chi connectivity index (χ1v) is 6.79. The number of methoxy groups -OCH3 is 1. The molecule has 0 unspecified atom stereocenters. The maximum Gasteiger partial charge on any atom is 0.255 e. The van der Waals surface area contributed by atoms with E-state index in [9.17, 15) is 4.79 Å². The van der Waals surface area contributed by atoms with Crippen LogP contribution in [0.1, 0.15) is 21.5 Å². The first-order valence-electron chi connectivity index (χ1n) is 6.79. The molecule has 0 bridgehead atoms. The Bertz CT molecular complexity index is 666. The molecule has 2 N–H and O–H groups in total. The van der Waals surface area contributed by atoms with Crippen LogP contribution in [0.4, 0.5) is 11.4 Å². The summed E-state index contributed by atoms with van der Waals surface area (Å²) in [4.78, 5) is 12.3.